The van der Waals surface area contributed by atoms with E-state index >= 15 is 0 Å². The van der Waals surface area contributed by atoms with E-state index in [4.69, 9.17) is 10.2 Å². The van der Waals surface area contributed by atoms with Gasteiger partial charge in [0.05, 0.1) is 27.6 Å². The molecule has 32 heavy (non-hydrogen) atoms. The number of aromatic carboxylic acids is 1. The first-order valence-corrected chi connectivity index (χ1v) is 10.4. The van der Waals surface area contributed by atoms with Gasteiger partial charge in [0.1, 0.15) is 0 Å². The van der Waals surface area contributed by atoms with E-state index in [-0.39, 0.29) is 23.5 Å². The van der Waals surface area contributed by atoms with Crippen LogP contribution in [0.25, 0.3) is 0 Å². The highest BCUT2D eigenvalue weighted by Gasteiger charge is 2.35. The number of aliphatic carboxylic acids is 1. The summed E-state index contributed by atoms with van der Waals surface area (Å²) < 4.78 is 66.2. The molecular weight excluding hydrogens is 457 g/mol. The molecule has 1 aliphatic rings. The molecule has 2 aromatic rings. The van der Waals surface area contributed by atoms with Crippen molar-refractivity contribution < 1.29 is 46.2 Å². The number of carboxylic acid groups (broad SMARTS) is 2. The third-order valence-electron chi connectivity index (χ3n) is 4.69. The van der Waals surface area contributed by atoms with E-state index in [0.29, 0.717) is 12.1 Å². The van der Waals surface area contributed by atoms with E-state index < -0.39 is 56.8 Å². The summed E-state index contributed by atoms with van der Waals surface area (Å²) in [6, 6.07) is 6.28. The van der Waals surface area contributed by atoms with E-state index in [0.717, 1.165) is 18.2 Å². The van der Waals surface area contributed by atoms with Gasteiger partial charge in [-0.3, -0.25) is 14.3 Å². The molecule has 1 unspecified atom stereocenters. The normalized spacial score (nSPS) is 16.8. The Hall–Kier alpha value is -3.61. The van der Waals surface area contributed by atoms with Gasteiger partial charge in [-0.1, -0.05) is 0 Å². The lowest BCUT2D eigenvalue weighted by Crippen LogP contribution is -2.25. The fourth-order valence-electron chi connectivity index (χ4n) is 3.12. The first-order valence-electron chi connectivity index (χ1n) is 8.89. The Morgan fingerprint density at radius 2 is 1.69 bits per heavy atom. The molecule has 9 nitrogen and oxygen atoms in total. The third kappa shape index (κ3) is 4.82. The smallest absolute Gasteiger partial charge is 0.416 e. The Labute approximate surface area is 179 Å². The van der Waals surface area contributed by atoms with E-state index in [1.807, 2.05) is 4.72 Å². The number of alkyl halides is 3. The molecule has 1 heterocycles. The number of nitrogens with one attached hydrogen (secondary N) is 1. The highest BCUT2D eigenvalue weighted by Crippen LogP contribution is 2.33. The third-order valence-corrected chi connectivity index (χ3v) is 6.09. The zero-order valence-electron chi connectivity index (χ0n) is 16.0. The number of hydrogen-bond acceptors (Lipinski definition) is 5. The summed E-state index contributed by atoms with van der Waals surface area (Å²) in [4.78, 5) is 35.0. The number of carboxylic acids is 2. The zero-order valence-corrected chi connectivity index (χ0v) is 16.8. The van der Waals surface area contributed by atoms with Gasteiger partial charge in [-0.15, -0.1) is 0 Å². The van der Waals surface area contributed by atoms with E-state index in [1.54, 1.807) is 0 Å². The average molecular weight is 472 g/mol. The Balaban J connectivity index is 1.86. The van der Waals surface area contributed by atoms with Gasteiger partial charge in [0.2, 0.25) is 5.91 Å². The molecule has 0 aliphatic carbocycles. The van der Waals surface area contributed by atoms with E-state index in [1.165, 1.54) is 17.0 Å². The van der Waals surface area contributed by atoms with Crippen LogP contribution in [0.15, 0.2) is 47.4 Å². The maximum absolute atomic E-state index is 13.0. The van der Waals surface area contributed by atoms with Crippen LogP contribution >= 0.6 is 0 Å². The summed E-state index contributed by atoms with van der Waals surface area (Å²) in [5.74, 6) is -4.14. The SMILES string of the molecule is O=C(O)c1cc(NS(=O)(=O)c2ccc(N3CC(C(=O)O)CC3=O)cc2)cc(C(F)(F)F)c1. The maximum Gasteiger partial charge on any atom is 0.416 e. The van der Waals surface area contributed by atoms with Gasteiger partial charge < -0.3 is 15.1 Å². The van der Waals surface area contributed by atoms with Crippen molar-refractivity contribution in [1.29, 1.82) is 0 Å². The summed E-state index contributed by atoms with van der Waals surface area (Å²) in [5.41, 5.74) is -2.44. The monoisotopic (exact) mass is 472 g/mol. The number of rotatable bonds is 6. The molecule has 13 heteroatoms. The summed E-state index contributed by atoms with van der Waals surface area (Å²) in [6.45, 7) is -0.0826. The van der Waals surface area contributed by atoms with Crippen LogP contribution in [-0.2, 0) is 25.8 Å². The molecule has 3 rings (SSSR count). The van der Waals surface area contributed by atoms with Crippen LogP contribution in [0.5, 0.6) is 0 Å². The number of hydrogen-bond donors (Lipinski definition) is 3. The largest absolute Gasteiger partial charge is 0.481 e. The Morgan fingerprint density at radius 1 is 1.06 bits per heavy atom. The summed E-state index contributed by atoms with van der Waals surface area (Å²) in [7, 11) is -4.40. The number of nitrogens with zero attached hydrogens (tertiary/aromatic N) is 1. The fraction of sp³-hybridized carbons (Fsp3) is 0.211. The second-order valence-electron chi connectivity index (χ2n) is 6.94. The Morgan fingerprint density at radius 3 is 2.19 bits per heavy atom. The van der Waals surface area contributed by atoms with Crippen molar-refractivity contribution >= 4 is 39.2 Å². The van der Waals surface area contributed by atoms with Gasteiger partial charge in [0.25, 0.3) is 10.0 Å². The van der Waals surface area contributed by atoms with Gasteiger partial charge in [0.15, 0.2) is 0 Å². The molecule has 1 amide bonds. The van der Waals surface area contributed by atoms with Crippen LogP contribution in [0.2, 0.25) is 0 Å². The number of benzene rings is 2. The molecule has 2 aromatic carbocycles. The molecule has 0 spiro atoms. The molecular formula is C19H15F3N2O7S. The standard InChI is InChI=1S/C19H15F3N2O7S/c20-19(21,22)12-5-10(17(26)27)6-13(8-12)23-32(30,31)15-3-1-14(2-4-15)24-9-11(18(28)29)7-16(24)25/h1-6,8,11,23H,7,9H2,(H,26,27)(H,28,29). The lowest BCUT2D eigenvalue weighted by molar-refractivity contribution is -0.141. The van der Waals surface area contributed by atoms with E-state index in [9.17, 15) is 36.0 Å². The average Bonchev–Trinajstić information content (AvgIpc) is 3.09. The highest BCUT2D eigenvalue weighted by atomic mass is 32.2. The molecule has 1 fully saturated rings. The van der Waals surface area contributed by atoms with Crippen molar-refractivity contribution in [2.75, 3.05) is 16.2 Å². The molecule has 1 aliphatic heterocycles. The second-order valence-corrected chi connectivity index (χ2v) is 8.63. The lowest BCUT2D eigenvalue weighted by atomic mass is 10.1. The van der Waals surface area contributed by atoms with Crippen molar-refractivity contribution in [1.82, 2.24) is 0 Å². The number of carbonyl (C=O) groups excluding carboxylic acids is 1. The molecule has 0 aromatic heterocycles. The van der Waals surface area contributed by atoms with Gasteiger partial charge in [0, 0.05) is 18.7 Å². The first-order chi connectivity index (χ1) is 14.8. The molecule has 1 atom stereocenters. The zero-order chi connectivity index (χ0) is 23.8. The molecule has 1 saturated heterocycles. The predicted octanol–water partition coefficient (Wildman–Crippen LogP) is 2.64. The summed E-state index contributed by atoms with van der Waals surface area (Å²) >= 11 is 0. The van der Waals surface area contributed by atoms with Crippen molar-refractivity contribution in [3.8, 4) is 0 Å². The van der Waals surface area contributed by atoms with Crippen molar-refractivity contribution in [2.24, 2.45) is 5.92 Å². The molecule has 0 saturated carbocycles. The minimum atomic E-state index is -4.90. The minimum absolute atomic E-state index is 0.0826. The van der Waals surface area contributed by atoms with Crippen LogP contribution in [0.1, 0.15) is 22.3 Å². The lowest BCUT2D eigenvalue weighted by Gasteiger charge is -2.17. The molecule has 0 radical (unpaired) electrons. The minimum Gasteiger partial charge on any atom is -0.481 e. The molecule has 0 bridgehead atoms. The predicted molar refractivity (Wildman–Crippen MR) is 104 cm³/mol. The Bertz CT molecular complexity index is 1190. The van der Waals surface area contributed by atoms with Gasteiger partial charge in [-0.25, -0.2) is 13.2 Å². The van der Waals surface area contributed by atoms with Crippen LogP contribution < -0.4 is 9.62 Å². The number of anilines is 2. The summed E-state index contributed by atoms with van der Waals surface area (Å²) in [5, 5.41) is 18.0. The summed E-state index contributed by atoms with van der Waals surface area (Å²) in [6.07, 6.45) is -5.10. The van der Waals surface area contributed by atoms with Gasteiger partial charge in [-0.2, -0.15) is 13.2 Å². The van der Waals surface area contributed by atoms with Crippen molar-refractivity contribution in [3.63, 3.8) is 0 Å². The number of sulfonamides is 1. The van der Waals surface area contributed by atoms with Crippen molar-refractivity contribution in [2.45, 2.75) is 17.5 Å². The number of carbonyl (C=O) groups is 3. The van der Waals surface area contributed by atoms with Crippen molar-refractivity contribution in [3.05, 3.63) is 53.6 Å². The highest BCUT2D eigenvalue weighted by molar-refractivity contribution is 7.92. The van der Waals surface area contributed by atoms with Crippen LogP contribution in [0.4, 0.5) is 24.5 Å². The van der Waals surface area contributed by atoms with Gasteiger partial charge in [-0.05, 0) is 42.5 Å². The van der Waals surface area contributed by atoms with Crippen LogP contribution in [0, 0.1) is 5.92 Å². The van der Waals surface area contributed by atoms with Crippen LogP contribution in [0.3, 0.4) is 0 Å². The molecule has 170 valence electrons. The van der Waals surface area contributed by atoms with E-state index in [2.05, 4.69) is 0 Å². The first kappa shape index (κ1) is 23.1. The Kier molecular flexibility index (Phi) is 5.87. The number of halogens is 3. The maximum atomic E-state index is 13.0. The van der Waals surface area contributed by atoms with Gasteiger partial charge >= 0.3 is 18.1 Å². The number of amides is 1. The fourth-order valence-corrected chi connectivity index (χ4v) is 4.16. The quantitative estimate of drug-likeness (QED) is 0.587. The van der Waals surface area contributed by atoms with Crippen LogP contribution in [-0.4, -0.2) is 43.0 Å². The molecule has 3 N–H and O–H groups in total. The second kappa shape index (κ2) is 8.15. The topological polar surface area (TPSA) is 141 Å².